The van der Waals surface area contributed by atoms with Crippen LogP contribution >= 0.6 is 0 Å². The zero-order chi connectivity index (χ0) is 14.0. The number of nitrogens with one attached hydrogen (secondary N) is 1. The van der Waals surface area contributed by atoms with Crippen LogP contribution in [0.15, 0.2) is 6.07 Å². The number of aromatic nitrogens is 2. The second-order valence-electron chi connectivity index (χ2n) is 7.08. The van der Waals surface area contributed by atoms with Gasteiger partial charge in [-0.2, -0.15) is 0 Å². The molecule has 0 saturated heterocycles. The van der Waals surface area contributed by atoms with Crippen molar-refractivity contribution in [3.63, 3.8) is 0 Å². The first-order valence-electron chi connectivity index (χ1n) is 7.43. The van der Waals surface area contributed by atoms with Crippen LogP contribution in [0.2, 0.25) is 0 Å². The summed E-state index contributed by atoms with van der Waals surface area (Å²) in [5.74, 6) is 2.46. The Kier molecular flexibility index (Phi) is 4.24. The van der Waals surface area contributed by atoms with Crippen molar-refractivity contribution in [2.45, 2.75) is 71.9 Å². The molecule has 2 rings (SSSR count). The second kappa shape index (κ2) is 5.58. The summed E-state index contributed by atoms with van der Waals surface area (Å²) >= 11 is 0. The number of rotatable bonds is 3. The SMILES string of the molecule is Cc1cc(CNC(C)(C)C)nc(C2CCC(C)C2)n1. The summed E-state index contributed by atoms with van der Waals surface area (Å²) in [5.41, 5.74) is 2.34. The van der Waals surface area contributed by atoms with Crippen LogP contribution in [0.4, 0.5) is 0 Å². The summed E-state index contributed by atoms with van der Waals surface area (Å²) < 4.78 is 0. The van der Waals surface area contributed by atoms with Gasteiger partial charge in [-0.15, -0.1) is 0 Å². The third-order valence-corrected chi connectivity index (χ3v) is 3.78. The lowest BCUT2D eigenvalue weighted by Crippen LogP contribution is -2.35. The molecule has 1 aliphatic rings. The van der Waals surface area contributed by atoms with E-state index in [1.165, 1.54) is 19.3 Å². The molecule has 3 heteroatoms. The van der Waals surface area contributed by atoms with E-state index in [0.717, 1.165) is 29.7 Å². The van der Waals surface area contributed by atoms with Gasteiger partial charge in [0.05, 0.1) is 5.69 Å². The van der Waals surface area contributed by atoms with Crippen LogP contribution in [0, 0.1) is 12.8 Å². The van der Waals surface area contributed by atoms with Crippen molar-refractivity contribution < 1.29 is 0 Å². The summed E-state index contributed by atoms with van der Waals surface area (Å²) in [6.07, 6.45) is 3.81. The Morgan fingerprint density at radius 3 is 2.58 bits per heavy atom. The van der Waals surface area contributed by atoms with Gasteiger partial charge in [0.25, 0.3) is 0 Å². The summed E-state index contributed by atoms with van der Waals surface area (Å²) in [6.45, 7) is 11.8. The van der Waals surface area contributed by atoms with Crippen LogP contribution < -0.4 is 5.32 Å². The lowest BCUT2D eigenvalue weighted by Gasteiger charge is -2.20. The standard InChI is InChI=1S/C16H27N3/c1-11-6-7-13(8-11)15-18-12(2)9-14(19-15)10-17-16(3,4)5/h9,11,13,17H,6-8,10H2,1-5H3. The minimum Gasteiger partial charge on any atom is -0.306 e. The Bertz CT molecular complexity index is 434. The van der Waals surface area contributed by atoms with E-state index in [0.29, 0.717) is 5.92 Å². The normalized spacial score (nSPS) is 23.8. The summed E-state index contributed by atoms with van der Waals surface area (Å²) in [6, 6.07) is 2.10. The van der Waals surface area contributed by atoms with E-state index >= 15 is 0 Å². The molecule has 0 aliphatic heterocycles. The maximum atomic E-state index is 4.78. The quantitative estimate of drug-likeness (QED) is 0.903. The molecule has 0 radical (unpaired) electrons. The molecule has 1 aliphatic carbocycles. The third-order valence-electron chi connectivity index (χ3n) is 3.78. The van der Waals surface area contributed by atoms with E-state index in [4.69, 9.17) is 4.98 Å². The highest BCUT2D eigenvalue weighted by Gasteiger charge is 2.25. The minimum absolute atomic E-state index is 0.126. The van der Waals surface area contributed by atoms with E-state index in [9.17, 15) is 0 Å². The van der Waals surface area contributed by atoms with Gasteiger partial charge in [-0.05, 0) is 58.9 Å². The Labute approximate surface area is 117 Å². The van der Waals surface area contributed by atoms with Crippen molar-refractivity contribution in [2.24, 2.45) is 5.92 Å². The summed E-state index contributed by atoms with van der Waals surface area (Å²) in [4.78, 5) is 9.44. The molecule has 0 bridgehead atoms. The molecule has 1 fully saturated rings. The van der Waals surface area contributed by atoms with Gasteiger partial charge in [0.1, 0.15) is 5.82 Å². The highest BCUT2D eigenvalue weighted by Crippen LogP contribution is 2.36. The van der Waals surface area contributed by atoms with Crippen LogP contribution in [0.5, 0.6) is 0 Å². The second-order valence-corrected chi connectivity index (χ2v) is 7.08. The molecule has 0 aromatic carbocycles. The largest absolute Gasteiger partial charge is 0.306 e. The molecular weight excluding hydrogens is 234 g/mol. The molecule has 106 valence electrons. The lowest BCUT2D eigenvalue weighted by atomic mass is 10.1. The molecule has 0 amide bonds. The zero-order valence-corrected chi connectivity index (χ0v) is 13.0. The third kappa shape index (κ3) is 4.27. The molecule has 19 heavy (non-hydrogen) atoms. The van der Waals surface area contributed by atoms with Crippen LogP contribution in [-0.2, 0) is 6.54 Å². The van der Waals surface area contributed by atoms with Crippen molar-refractivity contribution in [2.75, 3.05) is 0 Å². The topological polar surface area (TPSA) is 37.8 Å². The Morgan fingerprint density at radius 2 is 2.00 bits per heavy atom. The van der Waals surface area contributed by atoms with Gasteiger partial charge < -0.3 is 5.32 Å². The number of hydrogen-bond donors (Lipinski definition) is 1. The predicted octanol–water partition coefficient (Wildman–Crippen LogP) is 3.58. The van der Waals surface area contributed by atoms with Crippen molar-refractivity contribution in [1.29, 1.82) is 0 Å². The van der Waals surface area contributed by atoms with E-state index in [-0.39, 0.29) is 5.54 Å². The van der Waals surface area contributed by atoms with Gasteiger partial charge in [-0.25, -0.2) is 9.97 Å². The van der Waals surface area contributed by atoms with Gasteiger partial charge in [0.15, 0.2) is 0 Å². The van der Waals surface area contributed by atoms with Gasteiger partial charge >= 0.3 is 0 Å². The first kappa shape index (κ1) is 14.4. The maximum absolute atomic E-state index is 4.78. The monoisotopic (exact) mass is 261 g/mol. The van der Waals surface area contributed by atoms with Crippen LogP contribution in [0.3, 0.4) is 0 Å². The predicted molar refractivity (Wildman–Crippen MR) is 79.1 cm³/mol. The molecule has 1 aromatic rings. The van der Waals surface area contributed by atoms with E-state index in [1.807, 2.05) is 0 Å². The average Bonchev–Trinajstić information content (AvgIpc) is 2.72. The summed E-state index contributed by atoms with van der Waals surface area (Å²) in [5, 5.41) is 3.50. The molecule has 2 atom stereocenters. The molecule has 0 spiro atoms. The van der Waals surface area contributed by atoms with Gasteiger partial charge in [-0.1, -0.05) is 6.92 Å². The summed E-state index contributed by atoms with van der Waals surface area (Å²) in [7, 11) is 0. The molecule has 2 unspecified atom stereocenters. The number of hydrogen-bond acceptors (Lipinski definition) is 3. The van der Waals surface area contributed by atoms with E-state index in [2.05, 4.69) is 51.0 Å². The van der Waals surface area contributed by atoms with Crippen molar-refractivity contribution in [3.05, 3.63) is 23.3 Å². The van der Waals surface area contributed by atoms with E-state index in [1.54, 1.807) is 0 Å². The first-order chi connectivity index (χ1) is 8.83. The van der Waals surface area contributed by atoms with Crippen LogP contribution in [-0.4, -0.2) is 15.5 Å². The van der Waals surface area contributed by atoms with Crippen molar-refractivity contribution >= 4 is 0 Å². The maximum Gasteiger partial charge on any atom is 0.131 e. The lowest BCUT2D eigenvalue weighted by molar-refractivity contribution is 0.420. The van der Waals surface area contributed by atoms with Gasteiger partial charge in [0, 0.05) is 23.7 Å². The van der Waals surface area contributed by atoms with Crippen LogP contribution in [0.1, 0.15) is 70.1 Å². The Hall–Kier alpha value is -0.960. The molecule has 3 nitrogen and oxygen atoms in total. The molecule has 1 aromatic heterocycles. The molecule has 1 heterocycles. The highest BCUT2D eigenvalue weighted by molar-refractivity contribution is 5.13. The fraction of sp³-hybridized carbons (Fsp3) is 0.750. The molecular formula is C16H27N3. The minimum atomic E-state index is 0.126. The number of aryl methyl sites for hydroxylation is 1. The van der Waals surface area contributed by atoms with Gasteiger partial charge in [0.2, 0.25) is 0 Å². The van der Waals surface area contributed by atoms with Crippen molar-refractivity contribution in [3.8, 4) is 0 Å². The fourth-order valence-electron chi connectivity index (χ4n) is 2.73. The van der Waals surface area contributed by atoms with Crippen molar-refractivity contribution in [1.82, 2.24) is 15.3 Å². The van der Waals surface area contributed by atoms with Gasteiger partial charge in [-0.3, -0.25) is 0 Å². The number of nitrogens with zero attached hydrogens (tertiary/aromatic N) is 2. The molecule has 1 N–H and O–H groups in total. The Balaban J connectivity index is 2.11. The average molecular weight is 261 g/mol. The zero-order valence-electron chi connectivity index (χ0n) is 13.0. The molecule has 1 saturated carbocycles. The smallest absolute Gasteiger partial charge is 0.131 e. The van der Waals surface area contributed by atoms with E-state index < -0.39 is 0 Å². The fourth-order valence-corrected chi connectivity index (χ4v) is 2.73. The van der Waals surface area contributed by atoms with Crippen LogP contribution in [0.25, 0.3) is 0 Å². The Morgan fingerprint density at radius 1 is 1.26 bits per heavy atom. The highest BCUT2D eigenvalue weighted by atomic mass is 15.0. The first-order valence-corrected chi connectivity index (χ1v) is 7.43.